The highest BCUT2D eigenvalue weighted by molar-refractivity contribution is 9.10. The molecule has 0 aromatic heterocycles. The van der Waals surface area contributed by atoms with Gasteiger partial charge in [0, 0.05) is 23.5 Å². The summed E-state index contributed by atoms with van der Waals surface area (Å²) < 4.78 is 30.3. The highest BCUT2D eigenvalue weighted by atomic mass is 79.9. The van der Waals surface area contributed by atoms with E-state index in [-0.39, 0.29) is 29.8 Å². The van der Waals surface area contributed by atoms with E-state index in [1.807, 2.05) is 61.5 Å². The standard InChI is InChI=1S/C37H40BrN3O4S/c1-28-17-23-34(24-18-28)46(44,45)41(33-15-9-4-10-16-33)27-36(42)40(26-30-19-21-31(38)22-20-30)35(25-29-11-5-2-6-12-29)37(43)39-32-13-7-3-8-14-32/h2,4-6,9-12,15-24,32,35H,3,7-8,13-14,25-27H2,1H3,(H,39,43)/t35-/m0/s1. The molecule has 4 aromatic carbocycles. The van der Waals surface area contributed by atoms with Crippen LogP contribution in [0.1, 0.15) is 48.8 Å². The zero-order valence-corrected chi connectivity index (χ0v) is 28.4. The van der Waals surface area contributed by atoms with Crippen molar-refractivity contribution in [3.8, 4) is 0 Å². The summed E-state index contributed by atoms with van der Waals surface area (Å²) in [5.41, 5.74) is 3.03. The number of aryl methyl sites for hydroxylation is 1. The fourth-order valence-electron chi connectivity index (χ4n) is 5.85. The van der Waals surface area contributed by atoms with Crippen LogP contribution in [0.4, 0.5) is 5.69 Å². The molecular weight excluding hydrogens is 662 g/mol. The summed E-state index contributed by atoms with van der Waals surface area (Å²) in [6, 6.07) is 31.6. The molecule has 46 heavy (non-hydrogen) atoms. The molecule has 5 rings (SSSR count). The number of amides is 2. The van der Waals surface area contributed by atoms with E-state index in [4.69, 9.17) is 0 Å². The average molecular weight is 703 g/mol. The first-order valence-electron chi connectivity index (χ1n) is 15.7. The van der Waals surface area contributed by atoms with Crippen molar-refractivity contribution in [3.05, 3.63) is 130 Å². The van der Waals surface area contributed by atoms with Gasteiger partial charge in [-0.3, -0.25) is 13.9 Å². The molecule has 0 spiro atoms. The molecule has 1 N–H and O–H groups in total. The minimum absolute atomic E-state index is 0.0480. The number of nitrogens with one attached hydrogen (secondary N) is 1. The number of carbonyl (C=O) groups is 2. The van der Waals surface area contributed by atoms with Crippen molar-refractivity contribution >= 4 is 43.5 Å². The van der Waals surface area contributed by atoms with Crippen LogP contribution < -0.4 is 9.62 Å². The molecule has 4 aromatic rings. The number of benzene rings is 4. The van der Waals surface area contributed by atoms with Gasteiger partial charge in [-0.15, -0.1) is 0 Å². The summed E-state index contributed by atoms with van der Waals surface area (Å²) in [7, 11) is -4.13. The SMILES string of the molecule is Cc1ccc(S(=O)(=O)N(CC(=O)N(Cc2ccc(Br)cc2)[C@@H](Cc2ccccc2)C(=O)NC2CCCCC2)c2ccccc2)cc1. The van der Waals surface area contributed by atoms with Crippen LogP contribution in [0, 0.1) is 6.92 Å². The molecule has 240 valence electrons. The lowest BCUT2D eigenvalue weighted by atomic mass is 9.94. The highest BCUT2D eigenvalue weighted by Crippen LogP contribution is 2.26. The number of para-hydroxylation sites is 1. The molecule has 1 fully saturated rings. The second-order valence-electron chi connectivity index (χ2n) is 11.9. The van der Waals surface area contributed by atoms with Gasteiger partial charge < -0.3 is 10.2 Å². The normalized spacial score (nSPS) is 14.3. The Hall–Kier alpha value is -3.95. The Morgan fingerprint density at radius 2 is 1.41 bits per heavy atom. The minimum atomic E-state index is -4.13. The van der Waals surface area contributed by atoms with Gasteiger partial charge in [0.1, 0.15) is 12.6 Å². The van der Waals surface area contributed by atoms with E-state index in [1.54, 1.807) is 59.5 Å². The lowest BCUT2D eigenvalue weighted by molar-refractivity contribution is -0.140. The molecule has 1 atom stereocenters. The molecule has 0 radical (unpaired) electrons. The predicted molar refractivity (Wildman–Crippen MR) is 186 cm³/mol. The number of anilines is 1. The first kappa shape index (κ1) is 33.4. The van der Waals surface area contributed by atoms with E-state index in [9.17, 15) is 18.0 Å². The molecule has 1 saturated carbocycles. The van der Waals surface area contributed by atoms with Gasteiger partial charge in [-0.1, -0.05) is 114 Å². The van der Waals surface area contributed by atoms with Crippen LogP contribution in [0.15, 0.2) is 119 Å². The minimum Gasteiger partial charge on any atom is -0.352 e. The predicted octanol–water partition coefficient (Wildman–Crippen LogP) is 7.04. The lowest BCUT2D eigenvalue weighted by Gasteiger charge is -2.35. The molecule has 0 saturated heterocycles. The van der Waals surface area contributed by atoms with E-state index in [2.05, 4.69) is 21.2 Å². The molecule has 9 heteroatoms. The number of rotatable bonds is 12. The van der Waals surface area contributed by atoms with E-state index in [0.717, 1.165) is 57.6 Å². The summed E-state index contributed by atoms with van der Waals surface area (Å²) in [6.45, 7) is 1.55. The Bertz CT molecular complexity index is 1690. The third kappa shape index (κ3) is 8.65. The van der Waals surface area contributed by atoms with Crippen LogP contribution in [0.25, 0.3) is 0 Å². The van der Waals surface area contributed by atoms with Crippen LogP contribution >= 0.6 is 15.9 Å². The van der Waals surface area contributed by atoms with Crippen molar-refractivity contribution in [1.82, 2.24) is 10.2 Å². The summed E-state index contributed by atoms with van der Waals surface area (Å²) in [6.07, 6.45) is 5.36. The third-order valence-electron chi connectivity index (χ3n) is 8.42. The maximum absolute atomic E-state index is 14.6. The van der Waals surface area contributed by atoms with Crippen LogP contribution in [0.5, 0.6) is 0 Å². The first-order valence-corrected chi connectivity index (χ1v) is 18.0. The Balaban J connectivity index is 1.54. The summed E-state index contributed by atoms with van der Waals surface area (Å²) in [5, 5.41) is 3.24. The molecule has 0 unspecified atom stereocenters. The van der Waals surface area contributed by atoms with Gasteiger partial charge >= 0.3 is 0 Å². The van der Waals surface area contributed by atoms with Crippen LogP contribution in [-0.2, 0) is 32.6 Å². The molecule has 0 heterocycles. The average Bonchev–Trinajstić information content (AvgIpc) is 3.07. The van der Waals surface area contributed by atoms with Gasteiger partial charge in [-0.25, -0.2) is 8.42 Å². The van der Waals surface area contributed by atoms with Crippen molar-refractivity contribution in [2.24, 2.45) is 0 Å². The van der Waals surface area contributed by atoms with Crippen molar-refractivity contribution in [1.29, 1.82) is 0 Å². The van der Waals surface area contributed by atoms with Gasteiger partial charge in [-0.2, -0.15) is 0 Å². The Kier molecular flexibility index (Phi) is 11.3. The Morgan fingerprint density at radius 3 is 2.04 bits per heavy atom. The molecule has 0 bridgehead atoms. The number of halogens is 1. The second-order valence-corrected chi connectivity index (χ2v) is 14.6. The molecule has 1 aliphatic rings. The molecule has 2 amide bonds. The zero-order valence-electron chi connectivity index (χ0n) is 26.0. The summed E-state index contributed by atoms with van der Waals surface area (Å²) in [5.74, 6) is -0.698. The van der Waals surface area contributed by atoms with Crippen LogP contribution in [0.2, 0.25) is 0 Å². The number of hydrogen-bond acceptors (Lipinski definition) is 4. The molecular formula is C37H40BrN3O4S. The monoisotopic (exact) mass is 701 g/mol. The van der Waals surface area contributed by atoms with Gasteiger partial charge in [0.15, 0.2) is 0 Å². The van der Waals surface area contributed by atoms with Gasteiger partial charge in [0.25, 0.3) is 10.0 Å². The van der Waals surface area contributed by atoms with Crippen molar-refractivity contribution in [2.45, 2.75) is 69.0 Å². The molecule has 0 aliphatic heterocycles. The van der Waals surface area contributed by atoms with Crippen molar-refractivity contribution in [3.63, 3.8) is 0 Å². The topological polar surface area (TPSA) is 86.8 Å². The van der Waals surface area contributed by atoms with Gasteiger partial charge in [0.2, 0.25) is 11.8 Å². The fraction of sp³-hybridized carbons (Fsp3) is 0.297. The van der Waals surface area contributed by atoms with Crippen LogP contribution in [-0.4, -0.2) is 43.8 Å². The van der Waals surface area contributed by atoms with Crippen molar-refractivity contribution in [2.75, 3.05) is 10.8 Å². The Labute approximate surface area is 280 Å². The first-order chi connectivity index (χ1) is 22.2. The van der Waals surface area contributed by atoms with E-state index in [0.29, 0.717) is 5.69 Å². The maximum atomic E-state index is 14.6. The number of sulfonamides is 1. The quantitative estimate of drug-likeness (QED) is 0.172. The number of carbonyl (C=O) groups excluding carboxylic acids is 2. The third-order valence-corrected chi connectivity index (χ3v) is 10.7. The second kappa shape index (κ2) is 15.6. The van der Waals surface area contributed by atoms with E-state index < -0.39 is 28.5 Å². The largest absolute Gasteiger partial charge is 0.352 e. The van der Waals surface area contributed by atoms with E-state index >= 15 is 0 Å². The highest BCUT2D eigenvalue weighted by Gasteiger charge is 2.35. The summed E-state index contributed by atoms with van der Waals surface area (Å²) >= 11 is 3.48. The number of hydrogen-bond donors (Lipinski definition) is 1. The lowest BCUT2D eigenvalue weighted by Crippen LogP contribution is -2.55. The smallest absolute Gasteiger partial charge is 0.264 e. The molecule has 1 aliphatic carbocycles. The van der Waals surface area contributed by atoms with Gasteiger partial charge in [-0.05, 0) is 67.3 Å². The van der Waals surface area contributed by atoms with Gasteiger partial charge in [0.05, 0.1) is 10.6 Å². The number of nitrogens with zero attached hydrogens (tertiary/aromatic N) is 2. The fourth-order valence-corrected chi connectivity index (χ4v) is 7.52. The zero-order chi connectivity index (χ0) is 32.5. The maximum Gasteiger partial charge on any atom is 0.264 e. The van der Waals surface area contributed by atoms with Crippen molar-refractivity contribution < 1.29 is 18.0 Å². The van der Waals surface area contributed by atoms with Crippen LogP contribution in [0.3, 0.4) is 0 Å². The summed E-state index contributed by atoms with van der Waals surface area (Å²) in [4.78, 5) is 30.4. The van der Waals surface area contributed by atoms with E-state index in [1.165, 1.54) is 0 Å². The molecule has 7 nitrogen and oxygen atoms in total. The Morgan fingerprint density at radius 1 is 0.804 bits per heavy atom.